The van der Waals surface area contributed by atoms with Crippen LogP contribution >= 0.6 is 0 Å². The minimum atomic E-state index is -1.06. The summed E-state index contributed by atoms with van der Waals surface area (Å²) in [4.78, 5) is 15.5. The Balaban J connectivity index is 2.09. The highest BCUT2D eigenvalue weighted by atomic mass is 16.4. The summed E-state index contributed by atoms with van der Waals surface area (Å²) in [6.07, 6.45) is 24.3. The number of nitrogens with zero attached hydrogens (tertiary/aromatic N) is 2. The molecule has 1 unspecified atom stereocenters. The van der Waals surface area contributed by atoms with Crippen molar-refractivity contribution in [3.05, 3.63) is 24.6 Å². The Labute approximate surface area is 172 Å². The second kappa shape index (κ2) is 15.5. The predicted octanol–water partition coefficient (Wildman–Crippen LogP) is 4.04. The number of rotatable bonds is 18. The largest absolute Gasteiger partial charge is 0.544 e. The third-order valence-electron chi connectivity index (χ3n) is 5.44. The molecule has 0 spiro atoms. The molecule has 0 aromatic carbocycles. The second-order valence-corrected chi connectivity index (χ2v) is 7.90. The number of carbonyl (C=O) groups excluding carboxylic acids is 1. The molecule has 0 saturated heterocycles. The van der Waals surface area contributed by atoms with Crippen LogP contribution in [-0.4, -0.2) is 35.9 Å². The van der Waals surface area contributed by atoms with E-state index in [4.69, 9.17) is 5.73 Å². The lowest BCUT2D eigenvalue weighted by molar-refractivity contribution is -0.780. The first-order valence-corrected chi connectivity index (χ1v) is 11.3. The van der Waals surface area contributed by atoms with Crippen molar-refractivity contribution >= 4 is 11.8 Å². The Morgan fingerprint density at radius 1 is 1.04 bits per heavy atom. The van der Waals surface area contributed by atoms with Gasteiger partial charge in [0.05, 0.1) is 12.2 Å². The maximum absolute atomic E-state index is 11.1. The normalized spacial score (nSPS) is 18.9. The number of aliphatic carboxylic acids is 1. The molecule has 2 N–H and O–H groups in total. The average molecular weight is 392 g/mol. The van der Waals surface area contributed by atoms with Crippen LogP contribution in [0.25, 0.3) is 0 Å². The maximum Gasteiger partial charge on any atom is 0.207 e. The molecule has 0 aromatic rings. The number of quaternary nitrogens is 1. The van der Waals surface area contributed by atoms with E-state index in [1.165, 1.54) is 57.8 Å². The molecule has 1 aliphatic rings. The summed E-state index contributed by atoms with van der Waals surface area (Å²) in [6.45, 7) is 3.17. The fraction of sp³-hybridized carbons (Fsp3) is 0.739. The monoisotopic (exact) mass is 391 g/mol. The van der Waals surface area contributed by atoms with E-state index in [-0.39, 0.29) is 11.0 Å². The van der Waals surface area contributed by atoms with Crippen molar-refractivity contribution in [3.63, 3.8) is 0 Å². The van der Waals surface area contributed by atoms with Gasteiger partial charge in [-0.15, -0.1) is 0 Å². The van der Waals surface area contributed by atoms with Gasteiger partial charge in [-0.2, -0.15) is 0 Å². The van der Waals surface area contributed by atoms with E-state index in [1.807, 2.05) is 6.20 Å². The van der Waals surface area contributed by atoms with E-state index in [2.05, 4.69) is 24.1 Å². The van der Waals surface area contributed by atoms with Crippen LogP contribution in [0.5, 0.6) is 0 Å². The maximum atomic E-state index is 11.1. The topological polar surface area (TPSA) is 78.5 Å². The Hall–Kier alpha value is -1.46. The van der Waals surface area contributed by atoms with Gasteiger partial charge in [-0.25, -0.2) is 9.48 Å². The number of allylic oxidation sites excluding steroid dienone is 2. The van der Waals surface area contributed by atoms with Gasteiger partial charge in [-0.05, 0) is 32.1 Å². The van der Waals surface area contributed by atoms with Crippen LogP contribution in [0.1, 0.15) is 90.4 Å². The first kappa shape index (κ1) is 24.6. The molecule has 0 aliphatic carbocycles. The van der Waals surface area contributed by atoms with Crippen molar-refractivity contribution in [3.8, 4) is 0 Å². The van der Waals surface area contributed by atoms with E-state index >= 15 is 0 Å². The highest BCUT2D eigenvalue weighted by Gasteiger charge is 2.34. The Morgan fingerprint density at radius 2 is 1.64 bits per heavy atom. The Bertz CT molecular complexity index is 514. The number of carboxylic acids is 1. The molecule has 0 fully saturated rings. The standard InChI is InChI=1S/C23H41N3O2/c1-2-3-4-5-6-7-8-9-10-11-12-13-14-15-16-22-25-18-20-26(22,19-17-24)21-23(27)28/h11-12,18,20H,2-10,13-17,19,21,24H2,1H3/b12-11+. The van der Waals surface area contributed by atoms with Gasteiger partial charge in [0.2, 0.25) is 5.84 Å². The molecular weight excluding hydrogens is 350 g/mol. The zero-order chi connectivity index (χ0) is 20.5. The van der Waals surface area contributed by atoms with Crippen molar-refractivity contribution in [1.82, 2.24) is 0 Å². The van der Waals surface area contributed by atoms with Crippen LogP contribution in [0.2, 0.25) is 0 Å². The molecule has 0 radical (unpaired) electrons. The van der Waals surface area contributed by atoms with Crippen LogP contribution in [0, 0.1) is 0 Å². The van der Waals surface area contributed by atoms with Crippen molar-refractivity contribution in [2.24, 2.45) is 10.7 Å². The van der Waals surface area contributed by atoms with Crippen LogP contribution < -0.4 is 10.8 Å². The van der Waals surface area contributed by atoms with Gasteiger partial charge in [0.1, 0.15) is 19.3 Å². The summed E-state index contributed by atoms with van der Waals surface area (Å²) < 4.78 is 0.229. The molecule has 28 heavy (non-hydrogen) atoms. The first-order valence-electron chi connectivity index (χ1n) is 11.3. The summed E-state index contributed by atoms with van der Waals surface area (Å²) in [5.74, 6) is -0.158. The van der Waals surface area contributed by atoms with Crippen LogP contribution in [0.3, 0.4) is 0 Å². The number of carboxylic acid groups (broad SMARTS) is 1. The van der Waals surface area contributed by atoms with Gasteiger partial charge in [-0.1, -0.05) is 64.0 Å². The van der Waals surface area contributed by atoms with Crippen LogP contribution in [-0.2, 0) is 4.79 Å². The van der Waals surface area contributed by atoms with Gasteiger partial charge in [0.15, 0.2) is 0 Å². The first-order chi connectivity index (χ1) is 13.6. The number of carbonyl (C=O) groups is 1. The molecular formula is C23H41N3O2. The smallest absolute Gasteiger partial charge is 0.207 e. The zero-order valence-corrected chi connectivity index (χ0v) is 17.9. The lowest BCUT2D eigenvalue weighted by Crippen LogP contribution is -2.55. The minimum absolute atomic E-state index is 0.0783. The third-order valence-corrected chi connectivity index (χ3v) is 5.44. The second-order valence-electron chi connectivity index (χ2n) is 7.90. The number of unbranched alkanes of at least 4 members (excludes halogenated alkanes) is 10. The molecule has 5 nitrogen and oxygen atoms in total. The van der Waals surface area contributed by atoms with Crippen LogP contribution in [0.4, 0.5) is 0 Å². The van der Waals surface area contributed by atoms with Crippen molar-refractivity contribution in [1.29, 1.82) is 0 Å². The molecule has 5 heteroatoms. The van der Waals surface area contributed by atoms with Crippen molar-refractivity contribution in [2.45, 2.75) is 90.4 Å². The van der Waals surface area contributed by atoms with Gasteiger partial charge in [0, 0.05) is 13.0 Å². The summed E-state index contributed by atoms with van der Waals surface area (Å²) in [5, 5.41) is 11.1. The number of nitrogens with two attached hydrogens (primary N) is 1. The molecule has 0 amide bonds. The Kier molecular flexibility index (Phi) is 13.6. The fourth-order valence-electron chi connectivity index (χ4n) is 3.80. The summed E-state index contributed by atoms with van der Waals surface area (Å²) in [7, 11) is 0. The number of hydrogen-bond acceptors (Lipinski definition) is 4. The van der Waals surface area contributed by atoms with Gasteiger partial charge in [-0.3, -0.25) is 0 Å². The lowest BCUT2D eigenvalue weighted by atomic mass is 10.1. The Morgan fingerprint density at radius 3 is 2.25 bits per heavy atom. The van der Waals surface area contributed by atoms with Gasteiger partial charge < -0.3 is 15.6 Å². The molecule has 0 aromatic heterocycles. The number of amidine groups is 1. The summed E-state index contributed by atoms with van der Waals surface area (Å²) in [6, 6.07) is 0. The molecule has 1 rings (SSSR count). The van der Waals surface area contributed by atoms with E-state index in [1.54, 1.807) is 6.20 Å². The van der Waals surface area contributed by atoms with E-state index in [0.29, 0.717) is 13.1 Å². The number of hydrogen-bond donors (Lipinski definition) is 1. The molecule has 1 atom stereocenters. The van der Waals surface area contributed by atoms with E-state index in [9.17, 15) is 9.90 Å². The van der Waals surface area contributed by atoms with Gasteiger partial charge >= 0.3 is 0 Å². The average Bonchev–Trinajstić information content (AvgIpc) is 3.03. The third kappa shape index (κ3) is 10.2. The van der Waals surface area contributed by atoms with Crippen molar-refractivity contribution < 1.29 is 14.4 Å². The SMILES string of the molecule is CCCCCCCCCC/C=C/CCCCC1=NC=C[N+]1(CCN)CC(=O)[O-]. The van der Waals surface area contributed by atoms with E-state index in [0.717, 1.165) is 31.5 Å². The predicted molar refractivity (Wildman–Crippen MR) is 115 cm³/mol. The molecule has 160 valence electrons. The van der Waals surface area contributed by atoms with Gasteiger partial charge in [0.25, 0.3) is 0 Å². The molecule has 0 bridgehead atoms. The van der Waals surface area contributed by atoms with E-state index < -0.39 is 5.97 Å². The molecule has 1 heterocycles. The zero-order valence-electron chi connectivity index (χ0n) is 17.9. The summed E-state index contributed by atoms with van der Waals surface area (Å²) >= 11 is 0. The fourth-order valence-corrected chi connectivity index (χ4v) is 3.80. The summed E-state index contributed by atoms with van der Waals surface area (Å²) in [5.41, 5.74) is 5.68. The van der Waals surface area contributed by atoms with Crippen molar-refractivity contribution in [2.75, 3.05) is 19.6 Å². The molecule has 0 saturated carbocycles. The minimum Gasteiger partial charge on any atom is -0.544 e. The van der Waals surface area contributed by atoms with Crippen LogP contribution in [0.15, 0.2) is 29.5 Å². The molecule has 1 aliphatic heterocycles. The number of aliphatic imine (C=N–C) groups is 1. The highest BCUT2D eigenvalue weighted by Crippen LogP contribution is 2.20. The highest BCUT2D eigenvalue weighted by molar-refractivity contribution is 5.80. The quantitative estimate of drug-likeness (QED) is 0.217. The lowest BCUT2D eigenvalue weighted by Gasteiger charge is -2.32.